The Morgan fingerprint density at radius 3 is 2.30 bits per heavy atom. The van der Waals surface area contributed by atoms with E-state index in [-0.39, 0.29) is 17.9 Å². The number of nitrogens with zero attached hydrogens (tertiary/aromatic N) is 3. The van der Waals surface area contributed by atoms with Gasteiger partial charge in [-0.05, 0) is 13.0 Å². The monoisotopic (exact) mass is 523 g/mol. The highest BCUT2D eigenvalue weighted by Gasteiger charge is 2.25. The predicted molar refractivity (Wildman–Crippen MR) is 104 cm³/mol. The molecule has 0 saturated carbocycles. The Bertz CT molecular complexity index is 1060. The van der Waals surface area contributed by atoms with Crippen LogP contribution in [0.4, 0.5) is 13.2 Å². The molecular weight excluding hydrogens is 514 g/mol. The van der Waals surface area contributed by atoms with E-state index in [4.69, 9.17) is 11.6 Å². The second-order valence-electron chi connectivity index (χ2n) is 5.53. The summed E-state index contributed by atoms with van der Waals surface area (Å²) in [6.45, 7) is 1.78. The van der Waals surface area contributed by atoms with Gasteiger partial charge in [0.05, 0.1) is 28.2 Å². The van der Waals surface area contributed by atoms with Crippen molar-refractivity contribution in [2.45, 2.75) is 17.2 Å². The van der Waals surface area contributed by atoms with Crippen molar-refractivity contribution in [3.63, 3.8) is 0 Å². The molecule has 4 nitrogen and oxygen atoms in total. The van der Waals surface area contributed by atoms with Crippen LogP contribution in [-0.4, -0.2) is 14.3 Å². The third kappa shape index (κ3) is 3.72. The van der Waals surface area contributed by atoms with Gasteiger partial charge in [-0.15, -0.1) is 0 Å². The molecule has 0 spiro atoms. The topological polar surface area (TPSA) is 39.8 Å². The zero-order chi connectivity index (χ0) is 19.9. The molecule has 142 valence electrons. The Morgan fingerprint density at radius 1 is 1.19 bits per heavy atom. The molecule has 0 atom stereocenters. The number of alkyl halides is 2. The Hall–Kier alpha value is -1.58. The SMILES string of the molecule is CCn1c(-c2c(F)cc(F)cc2F)c(-n2cc(Cl)cn2)cc(C(Br)Br)c1=O. The predicted octanol–water partition coefficient (Wildman–Crippen LogP) is 5.58. The van der Waals surface area contributed by atoms with Crippen molar-refractivity contribution < 1.29 is 13.2 Å². The van der Waals surface area contributed by atoms with Gasteiger partial charge >= 0.3 is 0 Å². The lowest BCUT2D eigenvalue weighted by Crippen LogP contribution is -2.27. The highest BCUT2D eigenvalue weighted by molar-refractivity contribution is 9.24. The molecule has 0 amide bonds. The van der Waals surface area contributed by atoms with Crippen molar-refractivity contribution in [3.8, 4) is 16.9 Å². The van der Waals surface area contributed by atoms with Crippen LogP contribution in [0.3, 0.4) is 0 Å². The van der Waals surface area contributed by atoms with E-state index < -0.39 is 32.3 Å². The van der Waals surface area contributed by atoms with E-state index in [1.807, 2.05) is 0 Å². The van der Waals surface area contributed by atoms with Crippen molar-refractivity contribution in [1.82, 2.24) is 14.3 Å². The van der Waals surface area contributed by atoms with Crippen LogP contribution >= 0.6 is 43.5 Å². The van der Waals surface area contributed by atoms with E-state index in [1.54, 1.807) is 6.92 Å². The number of pyridine rings is 1. The average molecular weight is 526 g/mol. The highest BCUT2D eigenvalue weighted by atomic mass is 79.9. The number of hydrogen-bond acceptors (Lipinski definition) is 2. The first kappa shape index (κ1) is 20.2. The van der Waals surface area contributed by atoms with Crippen LogP contribution in [-0.2, 0) is 6.54 Å². The summed E-state index contributed by atoms with van der Waals surface area (Å²) >= 11 is 12.5. The van der Waals surface area contributed by atoms with Crippen molar-refractivity contribution in [2.24, 2.45) is 0 Å². The van der Waals surface area contributed by atoms with Gasteiger partial charge in [0.1, 0.15) is 21.2 Å². The van der Waals surface area contributed by atoms with Crippen LogP contribution in [0.25, 0.3) is 16.9 Å². The highest BCUT2D eigenvalue weighted by Crippen LogP contribution is 2.35. The van der Waals surface area contributed by atoms with Crippen LogP contribution in [0.1, 0.15) is 16.2 Å². The van der Waals surface area contributed by atoms with E-state index in [9.17, 15) is 18.0 Å². The van der Waals surface area contributed by atoms with Crippen molar-refractivity contribution in [1.29, 1.82) is 0 Å². The summed E-state index contributed by atoms with van der Waals surface area (Å²) in [5, 5.41) is 4.37. The second kappa shape index (κ2) is 7.81. The van der Waals surface area contributed by atoms with Crippen molar-refractivity contribution >= 4 is 43.5 Å². The minimum absolute atomic E-state index is 0.0679. The summed E-state index contributed by atoms with van der Waals surface area (Å²) in [4.78, 5) is 12.8. The quantitative estimate of drug-likeness (QED) is 0.418. The van der Waals surface area contributed by atoms with Gasteiger partial charge in [-0.1, -0.05) is 43.5 Å². The Labute approximate surface area is 173 Å². The Balaban J connectivity index is 2.49. The van der Waals surface area contributed by atoms with Crippen LogP contribution in [0.2, 0.25) is 5.02 Å². The number of aromatic nitrogens is 3. The van der Waals surface area contributed by atoms with E-state index in [1.165, 1.54) is 27.7 Å². The maximum Gasteiger partial charge on any atom is 0.256 e. The molecule has 0 unspecified atom stereocenters. The summed E-state index contributed by atoms with van der Waals surface area (Å²) in [6.07, 6.45) is 2.79. The van der Waals surface area contributed by atoms with Crippen LogP contribution in [0.5, 0.6) is 0 Å². The van der Waals surface area contributed by atoms with Crippen LogP contribution in [0, 0.1) is 17.5 Å². The van der Waals surface area contributed by atoms with E-state index in [0.29, 0.717) is 22.7 Å². The van der Waals surface area contributed by atoms with E-state index >= 15 is 0 Å². The first-order valence-electron chi connectivity index (χ1n) is 7.66. The minimum Gasteiger partial charge on any atom is -0.306 e. The molecule has 2 heterocycles. The smallest absolute Gasteiger partial charge is 0.256 e. The Kier molecular flexibility index (Phi) is 5.83. The first-order chi connectivity index (χ1) is 12.7. The molecule has 0 aliphatic carbocycles. The van der Waals surface area contributed by atoms with Crippen molar-refractivity contribution in [3.05, 3.63) is 69.0 Å². The zero-order valence-corrected chi connectivity index (χ0v) is 17.6. The maximum atomic E-state index is 14.5. The maximum absolute atomic E-state index is 14.5. The molecular formula is C17H11Br2ClF3N3O. The summed E-state index contributed by atoms with van der Waals surface area (Å²) in [5.74, 6) is -3.31. The van der Waals surface area contributed by atoms with Gasteiger partial charge in [-0.25, -0.2) is 17.9 Å². The Morgan fingerprint density at radius 2 is 1.81 bits per heavy atom. The lowest BCUT2D eigenvalue weighted by molar-refractivity contribution is 0.544. The molecule has 1 aromatic carbocycles. The molecule has 0 bridgehead atoms. The normalized spacial score (nSPS) is 11.4. The largest absolute Gasteiger partial charge is 0.306 e. The van der Waals surface area contributed by atoms with E-state index in [2.05, 4.69) is 37.0 Å². The average Bonchev–Trinajstić information content (AvgIpc) is 3.00. The molecule has 0 fully saturated rings. The lowest BCUT2D eigenvalue weighted by Gasteiger charge is -2.19. The van der Waals surface area contributed by atoms with Crippen molar-refractivity contribution in [2.75, 3.05) is 0 Å². The molecule has 0 aliphatic heterocycles. The van der Waals surface area contributed by atoms with Gasteiger partial charge < -0.3 is 4.57 Å². The summed E-state index contributed by atoms with van der Waals surface area (Å²) in [6, 6.07) is 2.58. The first-order valence-corrected chi connectivity index (χ1v) is 9.86. The van der Waals surface area contributed by atoms with Gasteiger partial charge in [0, 0.05) is 30.4 Å². The third-order valence-electron chi connectivity index (χ3n) is 3.89. The molecule has 2 aromatic heterocycles. The fraction of sp³-hybridized carbons (Fsp3) is 0.176. The van der Waals surface area contributed by atoms with Gasteiger partial charge in [-0.2, -0.15) is 5.10 Å². The van der Waals surface area contributed by atoms with E-state index in [0.717, 1.165) is 0 Å². The fourth-order valence-corrected chi connectivity index (χ4v) is 3.56. The number of halogens is 6. The lowest BCUT2D eigenvalue weighted by atomic mass is 10.1. The molecule has 0 radical (unpaired) electrons. The summed E-state index contributed by atoms with van der Waals surface area (Å²) in [7, 11) is 0. The van der Waals surface area contributed by atoms with Gasteiger partial charge in [0.15, 0.2) is 0 Å². The van der Waals surface area contributed by atoms with Gasteiger partial charge in [0.25, 0.3) is 5.56 Å². The second-order valence-corrected chi connectivity index (χ2v) is 9.03. The fourth-order valence-electron chi connectivity index (χ4n) is 2.77. The van der Waals surface area contributed by atoms with Gasteiger partial charge in [0.2, 0.25) is 0 Å². The molecule has 3 aromatic rings. The number of hydrogen-bond donors (Lipinski definition) is 0. The molecule has 10 heteroatoms. The standard InChI is InChI=1S/C17H11Br2ClF3N3O/c1-2-25-15(14-11(22)3-9(21)4-12(14)23)13(26-7-8(20)6-24-26)5-10(16(18)19)17(25)27/h3-7,16H,2H2,1H3. The minimum atomic E-state index is -1.13. The summed E-state index contributed by atoms with van der Waals surface area (Å²) < 4.78 is 44.5. The molecule has 0 aliphatic rings. The summed E-state index contributed by atoms with van der Waals surface area (Å²) in [5.41, 5.74) is -0.543. The third-order valence-corrected chi connectivity index (χ3v) is 5.07. The van der Waals surface area contributed by atoms with Gasteiger partial charge in [-0.3, -0.25) is 4.79 Å². The van der Waals surface area contributed by atoms with Crippen LogP contribution in [0.15, 0.2) is 35.4 Å². The number of rotatable bonds is 4. The molecule has 27 heavy (non-hydrogen) atoms. The molecule has 3 rings (SSSR count). The molecule has 0 N–H and O–H groups in total. The number of benzene rings is 1. The zero-order valence-electron chi connectivity index (χ0n) is 13.7. The molecule has 0 saturated heterocycles. The van der Waals surface area contributed by atoms with Crippen LogP contribution < -0.4 is 5.56 Å².